The monoisotopic (exact) mass is 851 g/mol. The molecule has 7 aromatic rings. The Morgan fingerprint density at radius 3 is 1.34 bits per heavy atom. The number of rotatable bonds is 2. The van der Waals surface area contributed by atoms with Gasteiger partial charge in [-0.15, -0.1) is 22.7 Å². The summed E-state index contributed by atoms with van der Waals surface area (Å²) in [5, 5.41) is 2.73. The molecule has 4 aromatic carbocycles. The van der Waals surface area contributed by atoms with Gasteiger partial charge in [0.15, 0.2) is 0 Å². The van der Waals surface area contributed by atoms with Crippen LogP contribution in [-0.2, 0) is 32.5 Å². The second kappa shape index (κ2) is 12.4. The molecule has 5 heterocycles. The van der Waals surface area contributed by atoms with E-state index in [1.807, 2.05) is 22.7 Å². The molecule has 6 heteroatoms. The maximum Gasteiger partial charge on any atom is 0.279 e. The molecule has 2 aliphatic carbocycles. The molecule has 0 saturated heterocycles. The quantitative estimate of drug-likeness (QED) is 0.162. The van der Waals surface area contributed by atoms with Gasteiger partial charge in [0.05, 0.1) is 11.4 Å². The van der Waals surface area contributed by atoms with Crippen molar-refractivity contribution >= 4 is 98.8 Å². The summed E-state index contributed by atoms with van der Waals surface area (Å²) in [6.07, 6.45) is 2.30. The van der Waals surface area contributed by atoms with Gasteiger partial charge >= 0.3 is 0 Å². The van der Waals surface area contributed by atoms with E-state index >= 15 is 0 Å². The lowest BCUT2D eigenvalue weighted by atomic mass is 9.39. The van der Waals surface area contributed by atoms with Crippen molar-refractivity contribution < 1.29 is 0 Å². The Morgan fingerprint density at radius 2 is 0.919 bits per heavy atom. The third-order valence-electron chi connectivity index (χ3n) is 15.2. The molecular weight excluding hydrogens is 790 g/mol. The summed E-state index contributed by atoms with van der Waals surface area (Å²) in [6, 6.07) is 31.6. The number of anilines is 6. The molecule has 0 amide bonds. The third-order valence-corrected chi connectivity index (χ3v) is 17.6. The average molecular weight is 852 g/mol. The molecule has 62 heavy (non-hydrogen) atoms. The van der Waals surface area contributed by atoms with Gasteiger partial charge in [-0.3, -0.25) is 4.90 Å². The van der Waals surface area contributed by atoms with Gasteiger partial charge in [-0.25, -0.2) is 4.98 Å². The average Bonchev–Trinajstić information content (AvgIpc) is 3.83. The Hall–Kier alpha value is -4.39. The summed E-state index contributed by atoms with van der Waals surface area (Å²) < 4.78 is 5.64. The second-order valence-corrected chi connectivity index (χ2v) is 26.2. The first kappa shape index (κ1) is 40.4. The first-order valence-corrected chi connectivity index (χ1v) is 24.5. The summed E-state index contributed by atoms with van der Waals surface area (Å²) in [5.41, 5.74) is 17.9. The smallest absolute Gasteiger partial charge is 0.279 e. The Labute approximate surface area is 378 Å². The van der Waals surface area contributed by atoms with Crippen LogP contribution in [0, 0.1) is 6.92 Å². The molecule has 2 aliphatic heterocycles. The third kappa shape index (κ3) is 5.63. The summed E-state index contributed by atoms with van der Waals surface area (Å²) >= 11 is 4.06. The summed E-state index contributed by atoms with van der Waals surface area (Å²) in [7, 11) is 0. The van der Waals surface area contributed by atoms with Crippen molar-refractivity contribution in [3.8, 4) is 0 Å². The summed E-state index contributed by atoms with van der Waals surface area (Å²) in [6.45, 7) is 35.7. The first-order chi connectivity index (χ1) is 28.9. The predicted octanol–water partition coefficient (Wildman–Crippen LogP) is 14.4. The lowest BCUT2D eigenvalue weighted by Crippen LogP contribution is -2.59. The van der Waals surface area contributed by atoms with Crippen molar-refractivity contribution in [1.82, 2.24) is 4.98 Å². The van der Waals surface area contributed by atoms with Gasteiger partial charge in [0.2, 0.25) is 0 Å². The van der Waals surface area contributed by atoms with Crippen LogP contribution in [0.4, 0.5) is 34.3 Å². The van der Waals surface area contributed by atoms with Crippen LogP contribution >= 0.6 is 22.7 Å². The van der Waals surface area contributed by atoms with Crippen molar-refractivity contribution in [2.45, 2.75) is 149 Å². The van der Waals surface area contributed by atoms with E-state index < -0.39 is 0 Å². The molecule has 0 N–H and O–H groups in total. The van der Waals surface area contributed by atoms with Crippen LogP contribution < -0.4 is 24.8 Å². The molecule has 0 unspecified atom stereocenters. The SMILES string of the molecule is Cc1cc2c3c(n1)N(c1ccc(C(C)(C)C)cc1)c1c(sc4cc5c(cc14)C(C)(C)CC5(C)C)B3c1sc3cc4c(cc3c1N2c1ccc(C(C)(C)C)cc1)C(C)(C)CC4(C)C. The minimum Gasteiger partial charge on any atom is -0.310 e. The molecule has 4 aliphatic rings. The van der Waals surface area contributed by atoms with E-state index in [1.165, 1.54) is 97.0 Å². The van der Waals surface area contributed by atoms with Crippen molar-refractivity contribution in [2.75, 3.05) is 9.80 Å². The van der Waals surface area contributed by atoms with Crippen molar-refractivity contribution in [2.24, 2.45) is 0 Å². The van der Waals surface area contributed by atoms with E-state index in [4.69, 9.17) is 4.98 Å². The molecule has 0 bridgehead atoms. The van der Waals surface area contributed by atoms with Crippen LogP contribution in [0.25, 0.3) is 20.2 Å². The summed E-state index contributed by atoms with van der Waals surface area (Å²) in [4.78, 5) is 10.8. The first-order valence-electron chi connectivity index (χ1n) is 22.9. The highest BCUT2D eigenvalue weighted by Gasteiger charge is 2.50. The fourth-order valence-corrected chi connectivity index (χ4v) is 15.3. The Bertz CT molecular complexity index is 2850. The van der Waals surface area contributed by atoms with Crippen LogP contribution in [0.1, 0.15) is 149 Å². The van der Waals surface area contributed by atoms with Crippen LogP contribution in [0.5, 0.6) is 0 Å². The van der Waals surface area contributed by atoms with Gasteiger partial charge in [0, 0.05) is 52.5 Å². The molecule has 3 nitrogen and oxygen atoms in total. The lowest BCUT2D eigenvalue weighted by molar-refractivity contribution is 0.403. The van der Waals surface area contributed by atoms with Gasteiger partial charge in [0.1, 0.15) is 5.82 Å². The van der Waals surface area contributed by atoms with Crippen molar-refractivity contribution in [3.63, 3.8) is 0 Å². The van der Waals surface area contributed by atoms with Crippen LogP contribution in [0.3, 0.4) is 0 Å². The topological polar surface area (TPSA) is 19.4 Å². The van der Waals surface area contributed by atoms with Crippen molar-refractivity contribution in [3.05, 3.63) is 118 Å². The van der Waals surface area contributed by atoms with Crippen LogP contribution in [0.2, 0.25) is 0 Å². The van der Waals surface area contributed by atoms with E-state index in [-0.39, 0.29) is 39.2 Å². The highest BCUT2D eigenvalue weighted by atomic mass is 32.1. The number of aromatic nitrogens is 1. The zero-order valence-corrected chi connectivity index (χ0v) is 41.3. The van der Waals surface area contributed by atoms with Gasteiger partial charge in [-0.2, -0.15) is 0 Å². The van der Waals surface area contributed by atoms with E-state index in [9.17, 15) is 0 Å². The van der Waals surface area contributed by atoms with E-state index in [0.717, 1.165) is 24.4 Å². The maximum atomic E-state index is 5.64. The van der Waals surface area contributed by atoms with Gasteiger partial charge in [0.25, 0.3) is 6.71 Å². The number of pyridine rings is 1. The highest BCUT2D eigenvalue weighted by Crippen LogP contribution is 2.56. The Morgan fingerprint density at radius 1 is 0.532 bits per heavy atom. The number of nitrogens with zero attached hydrogens (tertiary/aromatic N) is 3. The van der Waals surface area contributed by atoms with Crippen LogP contribution in [-0.4, -0.2) is 11.7 Å². The second-order valence-electron chi connectivity index (χ2n) is 24.0. The minimum absolute atomic E-state index is 0.0508. The number of aryl methyl sites for hydroxylation is 1. The molecule has 11 rings (SSSR count). The Kier molecular flexibility index (Phi) is 8.11. The fourth-order valence-electron chi connectivity index (χ4n) is 12.6. The zero-order chi connectivity index (χ0) is 44.0. The molecule has 0 atom stereocenters. The number of hydrogen-bond acceptors (Lipinski definition) is 5. The highest BCUT2D eigenvalue weighted by molar-refractivity contribution is 7.40. The summed E-state index contributed by atoms with van der Waals surface area (Å²) in [5.74, 6) is 1.06. The van der Waals surface area contributed by atoms with Gasteiger partial charge < -0.3 is 4.90 Å². The minimum atomic E-state index is 0.0508. The van der Waals surface area contributed by atoms with Gasteiger partial charge in [-0.1, -0.05) is 121 Å². The number of benzene rings is 4. The number of hydrogen-bond donors (Lipinski definition) is 0. The molecule has 3 aromatic heterocycles. The molecule has 0 radical (unpaired) electrons. The van der Waals surface area contributed by atoms with E-state index in [1.54, 1.807) is 0 Å². The maximum absolute atomic E-state index is 5.64. The largest absolute Gasteiger partial charge is 0.310 e. The zero-order valence-electron chi connectivity index (χ0n) is 39.7. The molecular formula is C56H62BN3S2. The number of thiophene rings is 2. The lowest BCUT2D eigenvalue weighted by Gasteiger charge is -2.41. The molecule has 0 saturated carbocycles. The van der Waals surface area contributed by atoms with Gasteiger partial charge in [-0.05, 0) is 146 Å². The van der Waals surface area contributed by atoms with E-state index in [2.05, 4.69) is 193 Å². The van der Waals surface area contributed by atoms with Crippen molar-refractivity contribution in [1.29, 1.82) is 0 Å². The molecule has 316 valence electrons. The molecule has 0 fully saturated rings. The fraction of sp³-hybridized carbons (Fsp3) is 0.411. The predicted molar refractivity (Wildman–Crippen MR) is 272 cm³/mol. The Balaban J connectivity index is 1.26. The van der Waals surface area contributed by atoms with Crippen LogP contribution in [0.15, 0.2) is 78.9 Å². The van der Waals surface area contributed by atoms with E-state index in [0.29, 0.717) is 0 Å². The standard InChI is InChI=1S/C56H62BN3S2/c1-31-24-42-45-50(58-31)60(35-22-18-33(19-23-35)52(5,6)7)47-37-26-39-41(56(14,15)30-54(39,10)11)28-44(37)62-49(47)57(45)48-46(59(42)34-20-16-32(17-21-34)51(2,3)4)36-25-38-40(27-43(36)61-48)55(12,13)29-53(38,8)9/h16-28H,29-30H2,1-15H3. The number of fused-ring (bicyclic) bond motifs is 10. The normalized spacial score (nSPS) is 18.9. The molecule has 0 spiro atoms.